The van der Waals surface area contributed by atoms with Gasteiger partial charge in [-0.25, -0.2) is 0 Å². The minimum atomic E-state index is 0.869. The summed E-state index contributed by atoms with van der Waals surface area (Å²) in [4.78, 5) is 3.26. The largest absolute Gasteiger partial charge is 0.381 e. The Balaban J connectivity index is 1.52. The maximum atomic E-state index is 3.53. The molecule has 2 aromatic carbocycles. The third-order valence-electron chi connectivity index (χ3n) is 4.21. The van der Waals surface area contributed by atoms with E-state index in [4.69, 9.17) is 0 Å². The van der Waals surface area contributed by atoms with Crippen LogP contribution in [-0.2, 0) is 19.4 Å². The van der Waals surface area contributed by atoms with Gasteiger partial charge in [0.2, 0.25) is 0 Å². The second-order valence-corrected chi connectivity index (χ2v) is 5.59. The Morgan fingerprint density at radius 2 is 1.90 bits per heavy atom. The van der Waals surface area contributed by atoms with E-state index in [0.717, 1.165) is 6.54 Å². The fourth-order valence-electron chi connectivity index (χ4n) is 3.09. The molecule has 0 saturated heterocycles. The highest BCUT2D eigenvalue weighted by Crippen LogP contribution is 2.25. The molecule has 2 N–H and O–H groups in total. The molecule has 1 aliphatic carbocycles. The van der Waals surface area contributed by atoms with Gasteiger partial charge in [0.1, 0.15) is 0 Å². The predicted octanol–water partition coefficient (Wildman–Crippen LogP) is 4.27. The van der Waals surface area contributed by atoms with Crippen molar-refractivity contribution in [3.8, 4) is 0 Å². The minimum absolute atomic E-state index is 0.869. The van der Waals surface area contributed by atoms with E-state index < -0.39 is 0 Å². The van der Waals surface area contributed by atoms with Crippen molar-refractivity contribution in [1.82, 2.24) is 4.98 Å². The number of fused-ring (bicyclic) bond motifs is 2. The van der Waals surface area contributed by atoms with Crippen molar-refractivity contribution >= 4 is 16.6 Å². The monoisotopic (exact) mass is 262 g/mol. The lowest BCUT2D eigenvalue weighted by atomic mass is 10.1. The van der Waals surface area contributed by atoms with Gasteiger partial charge in [-0.2, -0.15) is 0 Å². The Hall–Kier alpha value is -2.22. The van der Waals surface area contributed by atoms with Gasteiger partial charge in [0.25, 0.3) is 0 Å². The summed E-state index contributed by atoms with van der Waals surface area (Å²) in [5, 5.41) is 4.80. The molecule has 0 aliphatic heterocycles. The molecular weight excluding hydrogens is 244 g/mol. The lowest BCUT2D eigenvalue weighted by Gasteiger charge is -2.09. The molecule has 20 heavy (non-hydrogen) atoms. The number of anilines is 1. The number of H-pyrrole nitrogens is 1. The smallest absolute Gasteiger partial charge is 0.0457 e. The third kappa shape index (κ3) is 2.07. The van der Waals surface area contributed by atoms with Crippen LogP contribution in [0.1, 0.15) is 23.1 Å². The molecule has 0 saturated carbocycles. The number of benzene rings is 2. The molecule has 0 radical (unpaired) electrons. The first kappa shape index (κ1) is 11.6. The average Bonchev–Trinajstić information content (AvgIpc) is 3.12. The van der Waals surface area contributed by atoms with Crippen molar-refractivity contribution in [3.63, 3.8) is 0 Å². The number of nitrogens with one attached hydrogen (secondary N) is 2. The van der Waals surface area contributed by atoms with Crippen molar-refractivity contribution in [2.75, 3.05) is 5.32 Å². The SMILES string of the molecule is c1cc2ccc(CNc3ccc4c(c3)CCC4)cc2[nH]1. The number of rotatable bonds is 3. The highest BCUT2D eigenvalue weighted by molar-refractivity contribution is 5.79. The molecule has 1 heterocycles. The molecule has 3 aromatic rings. The summed E-state index contributed by atoms with van der Waals surface area (Å²) in [5.74, 6) is 0. The van der Waals surface area contributed by atoms with Crippen LogP contribution in [0.5, 0.6) is 0 Å². The van der Waals surface area contributed by atoms with E-state index in [1.54, 1.807) is 0 Å². The summed E-state index contributed by atoms with van der Waals surface area (Å²) in [6.07, 6.45) is 5.78. The summed E-state index contributed by atoms with van der Waals surface area (Å²) in [6.45, 7) is 0.869. The highest BCUT2D eigenvalue weighted by Gasteiger charge is 2.10. The van der Waals surface area contributed by atoms with Gasteiger partial charge in [-0.15, -0.1) is 0 Å². The fourth-order valence-corrected chi connectivity index (χ4v) is 3.09. The number of aryl methyl sites for hydroxylation is 2. The molecule has 4 rings (SSSR count). The lowest BCUT2D eigenvalue weighted by molar-refractivity contribution is 0.912. The maximum Gasteiger partial charge on any atom is 0.0457 e. The molecule has 0 amide bonds. The Morgan fingerprint density at radius 1 is 0.950 bits per heavy atom. The van der Waals surface area contributed by atoms with E-state index in [1.807, 2.05) is 6.20 Å². The summed E-state index contributed by atoms with van der Waals surface area (Å²) in [7, 11) is 0. The van der Waals surface area contributed by atoms with E-state index in [1.165, 1.54) is 52.5 Å². The summed E-state index contributed by atoms with van der Waals surface area (Å²) in [5.41, 5.74) is 6.80. The first-order valence-electron chi connectivity index (χ1n) is 7.30. The quantitative estimate of drug-likeness (QED) is 0.725. The van der Waals surface area contributed by atoms with Crippen LogP contribution in [0, 0.1) is 0 Å². The standard InChI is InChI=1S/C18H18N2/c1-2-14-6-7-17(11-16(14)3-1)20-12-13-4-5-15-8-9-19-18(15)10-13/h4-11,19-20H,1-3,12H2. The van der Waals surface area contributed by atoms with Crippen LogP contribution in [0.15, 0.2) is 48.7 Å². The van der Waals surface area contributed by atoms with Crippen molar-refractivity contribution in [1.29, 1.82) is 0 Å². The first-order valence-corrected chi connectivity index (χ1v) is 7.30. The lowest BCUT2D eigenvalue weighted by Crippen LogP contribution is -2.00. The molecule has 2 nitrogen and oxygen atoms in total. The Labute approximate surface area is 118 Å². The molecule has 0 unspecified atom stereocenters. The van der Waals surface area contributed by atoms with E-state index in [2.05, 4.69) is 52.8 Å². The van der Waals surface area contributed by atoms with Gasteiger partial charge in [-0.1, -0.05) is 18.2 Å². The van der Waals surface area contributed by atoms with Gasteiger partial charge in [0.15, 0.2) is 0 Å². The van der Waals surface area contributed by atoms with E-state index in [-0.39, 0.29) is 0 Å². The second kappa shape index (κ2) is 4.71. The van der Waals surface area contributed by atoms with Crippen molar-refractivity contribution in [3.05, 3.63) is 65.4 Å². The van der Waals surface area contributed by atoms with E-state index >= 15 is 0 Å². The molecular formula is C18H18N2. The molecule has 1 aromatic heterocycles. The van der Waals surface area contributed by atoms with Gasteiger partial charge in [0.05, 0.1) is 0 Å². The van der Waals surface area contributed by atoms with Gasteiger partial charge in [-0.05, 0) is 65.6 Å². The molecule has 0 bridgehead atoms. The van der Waals surface area contributed by atoms with E-state index in [0.29, 0.717) is 0 Å². The Kier molecular flexibility index (Phi) is 2.73. The number of aromatic nitrogens is 1. The van der Waals surface area contributed by atoms with Crippen LogP contribution in [-0.4, -0.2) is 4.98 Å². The van der Waals surface area contributed by atoms with Gasteiger partial charge >= 0.3 is 0 Å². The zero-order chi connectivity index (χ0) is 13.4. The van der Waals surface area contributed by atoms with E-state index in [9.17, 15) is 0 Å². The predicted molar refractivity (Wildman–Crippen MR) is 84.1 cm³/mol. The van der Waals surface area contributed by atoms with Crippen molar-refractivity contribution < 1.29 is 0 Å². The number of hydrogen-bond acceptors (Lipinski definition) is 1. The topological polar surface area (TPSA) is 27.8 Å². The van der Waals surface area contributed by atoms with Crippen LogP contribution < -0.4 is 5.32 Å². The number of aromatic amines is 1. The Bertz CT molecular complexity index is 755. The average molecular weight is 262 g/mol. The molecule has 0 atom stereocenters. The molecule has 0 fully saturated rings. The van der Waals surface area contributed by atoms with Gasteiger partial charge < -0.3 is 10.3 Å². The normalized spacial score (nSPS) is 13.6. The van der Waals surface area contributed by atoms with Crippen LogP contribution in [0.25, 0.3) is 10.9 Å². The zero-order valence-electron chi connectivity index (χ0n) is 11.4. The van der Waals surface area contributed by atoms with Crippen molar-refractivity contribution in [2.45, 2.75) is 25.8 Å². The van der Waals surface area contributed by atoms with Crippen LogP contribution in [0.2, 0.25) is 0 Å². The van der Waals surface area contributed by atoms with Crippen molar-refractivity contribution in [2.24, 2.45) is 0 Å². The first-order chi connectivity index (χ1) is 9.88. The summed E-state index contributed by atoms with van der Waals surface area (Å²) < 4.78 is 0. The van der Waals surface area contributed by atoms with Crippen LogP contribution in [0.4, 0.5) is 5.69 Å². The highest BCUT2D eigenvalue weighted by atomic mass is 14.9. The molecule has 100 valence electrons. The molecule has 1 aliphatic rings. The summed E-state index contributed by atoms with van der Waals surface area (Å²) in [6, 6.07) is 15.5. The second-order valence-electron chi connectivity index (χ2n) is 5.59. The van der Waals surface area contributed by atoms with Gasteiger partial charge in [0, 0.05) is 23.9 Å². The summed E-state index contributed by atoms with van der Waals surface area (Å²) >= 11 is 0. The number of hydrogen-bond donors (Lipinski definition) is 2. The van der Waals surface area contributed by atoms with Crippen LogP contribution >= 0.6 is 0 Å². The van der Waals surface area contributed by atoms with Gasteiger partial charge in [-0.3, -0.25) is 0 Å². The molecule has 0 spiro atoms. The Morgan fingerprint density at radius 3 is 2.90 bits per heavy atom. The maximum absolute atomic E-state index is 3.53. The fraction of sp³-hybridized carbons (Fsp3) is 0.222. The molecule has 2 heteroatoms. The van der Waals surface area contributed by atoms with Crippen LogP contribution in [0.3, 0.4) is 0 Å². The minimum Gasteiger partial charge on any atom is -0.381 e. The zero-order valence-corrected chi connectivity index (χ0v) is 11.4. The third-order valence-corrected chi connectivity index (χ3v) is 4.21.